The van der Waals surface area contributed by atoms with Crippen LogP contribution >= 0.6 is 11.8 Å². The number of hydrogen-bond donors (Lipinski definition) is 0. The molecule has 0 aliphatic carbocycles. The van der Waals surface area contributed by atoms with Gasteiger partial charge in [-0.15, -0.1) is 11.8 Å². The van der Waals surface area contributed by atoms with E-state index in [9.17, 15) is 5.11 Å². The Hall–Kier alpha value is -2.19. The van der Waals surface area contributed by atoms with Gasteiger partial charge in [-0.25, -0.2) is 0 Å². The quantitative estimate of drug-likeness (QED) is 0.509. The molecule has 0 amide bonds. The fourth-order valence-electron chi connectivity index (χ4n) is 2.58. The SMILES string of the molecule is Cc1cc(SCc2ccc(-c3ccccc3)cc2)cc(C)c1[O]. The summed E-state index contributed by atoms with van der Waals surface area (Å²) in [4.78, 5) is 1.16. The summed E-state index contributed by atoms with van der Waals surface area (Å²) in [5.41, 5.74) is 5.42. The number of rotatable bonds is 4. The number of thioether (sulfide) groups is 1. The van der Waals surface area contributed by atoms with E-state index in [1.165, 1.54) is 16.7 Å². The summed E-state index contributed by atoms with van der Waals surface area (Å²) in [5.74, 6) is 1.06. The molecule has 0 N–H and O–H groups in total. The van der Waals surface area contributed by atoms with Crippen molar-refractivity contribution in [3.8, 4) is 16.9 Å². The fraction of sp³-hybridized carbons (Fsp3) is 0.143. The van der Waals surface area contributed by atoms with Crippen LogP contribution in [0.3, 0.4) is 0 Å². The molecule has 23 heavy (non-hydrogen) atoms. The molecular weight excluding hydrogens is 300 g/mol. The topological polar surface area (TPSA) is 19.9 Å². The van der Waals surface area contributed by atoms with Crippen LogP contribution in [0.1, 0.15) is 16.7 Å². The molecule has 0 aromatic heterocycles. The number of benzene rings is 3. The van der Waals surface area contributed by atoms with Crippen LogP contribution in [-0.4, -0.2) is 0 Å². The van der Waals surface area contributed by atoms with E-state index in [0.717, 1.165) is 21.8 Å². The highest BCUT2D eigenvalue weighted by molar-refractivity contribution is 7.98. The maximum Gasteiger partial charge on any atom is 0.184 e. The largest absolute Gasteiger partial charge is 0.289 e. The van der Waals surface area contributed by atoms with Gasteiger partial charge in [0.2, 0.25) is 0 Å². The van der Waals surface area contributed by atoms with E-state index in [1.54, 1.807) is 11.8 Å². The molecule has 3 aromatic carbocycles. The zero-order valence-electron chi connectivity index (χ0n) is 13.4. The first-order chi connectivity index (χ1) is 11.1. The first-order valence-corrected chi connectivity index (χ1v) is 8.67. The van der Waals surface area contributed by atoms with Crippen molar-refractivity contribution >= 4 is 11.8 Å². The lowest BCUT2D eigenvalue weighted by Gasteiger charge is -2.07. The zero-order valence-corrected chi connectivity index (χ0v) is 14.2. The van der Waals surface area contributed by atoms with Crippen LogP contribution in [0.25, 0.3) is 11.1 Å². The van der Waals surface area contributed by atoms with Gasteiger partial charge in [0.15, 0.2) is 5.75 Å². The fourth-order valence-corrected chi connectivity index (χ4v) is 3.63. The first kappa shape index (κ1) is 15.7. The Morgan fingerprint density at radius 3 is 1.96 bits per heavy atom. The summed E-state index contributed by atoms with van der Waals surface area (Å²) in [6.45, 7) is 3.77. The third-order valence-electron chi connectivity index (χ3n) is 3.90. The van der Waals surface area contributed by atoms with Crippen molar-refractivity contribution in [3.63, 3.8) is 0 Å². The van der Waals surface area contributed by atoms with Gasteiger partial charge in [0.05, 0.1) is 0 Å². The highest BCUT2D eigenvalue weighted by atomic mass is 32.2. The number of aryl methyl sites for hydroxylation is 2. The van der Waals surface area contributed by atoms with Gasteiger partial charge >= 0.3 is 0 Å². The second-order valence-electron chi connectivity index (χ2n) is 5.74. The van der Waals surface area contributed by atoms with Crippen molar-refractivity contribution in [2.75, 3.05) is 0 Å². The third kappa shape index (κ3) is 3.77. The minimum absolute atomic E-state index is 0.154. The molecule has 0 atom stereocenters. The molecule has 0 heterocycles. The Balaban J connectivity index is 1.70. The van der Waals surface area contributed by atoms with Gasteiger partial charge in [0, 0.05) is 10.6 Å². The molecule has 0 aliphatic rings. The van der Waals surface area contributed by atoms with Crippen molar-refractivity contribution in [2.24, 2.45) is 0 Å². The van der Waals surface area contributed by atoms with E-state index < -0.39 is 0 Å². The monoisotopic (exact) mass is 319 g/mol. The second-order valence-corrected chi connectivity index (χ2v) is 6.79. The van der Waals surface area contributed by atoms with Gasteiger partial charge in [-0.2, -0.15) is 0 Å². The Morgan fingerprint density at radius 1 is 0.783 bits per heavy atom. The average Bonchev–Trinajstić information content (AvgIpc) is 2.59. The van der Waals surface area contributed by atoms with Crippen LogP contribution in [0.4, 0.5) is 0 Å². The summed E-state index contributed by atoms with van der Waals surface area (Å²) >= 11 is 1.77. The number of hydrogen-bond acceptors (Lipinski definition) is 1. The van der Waals surface area contributed by atoms with Crippen LogP contribution in [0.5, 0.6) is 5.75 Å². The van der Waals surface area contributed by atoms with Gasteiger partial charge < -0.3 is 0 Å². The summed E-state index contributed by atoms with van der Waals surface area (Å²) in [6.07, 6.45) is 0. The molecule has 0 saturated heterocycles. The van der Waals surface area contributed by atoms with Crippen LogP contribution in [0.15, 0.2) is 71.6 Å². The molecule has 0 unspecified atom stereocenters. The van der Waals surface area contributed by atoms with Crippen molar-refractivity contribution in [1.82, 2.24) is 0 Å². The minimum Gasteiger partial charge on any atom is -0.289 e. The van der Waals surface area contributed by atoms with Crippen LogP contribution in [0.2, 0.25) is 0 Å². The summed E-state index contributed by atoms with van der Waals surface area (Å²) in [6, 6.07) is 23.1. The second kappa shape index (κ2) is 6.93. The molecule has 1 radical (unpaired) electrons. The van der Waals surface area contributed by atoms with E-state index in [2.05, 4.69) is 48.5 Å². The van der Waals surface area contributed by atoms with Gasteiger partial charge in [-0.05, 0) is 53.8 Å². The van der Waals surface area contributed by atoms with Crippen molar-refractivity contribution in [3.05, 3.63) is 83.4 Å². The Kier molecular flexibility index (Phi) is 4.73. The Morgan fingerprint density at radius 2 is 1.35 bits per heavy atom. The molecule has 115 valence electrons. The normalized spacial score (nSPS) is 10.7. The van der Waals surface area contributed by atoms with E-state index in [4.69, 9.17) is 0 Å². The lowest BCUT2D eigenvalue weighted by atomic mass is 10.0. The predicted octanol–water partition coefficient (Wildman–Crippen LogP) is 6.41. The van der Waals surface area contributed by atoms with Crippen molar-refractivity contribution in [1.29, 1.82) is 0 Å². The maximum absolute atomic E-state index is 11.8. The molecule has 0 aliphatic heterocycles. The molecular formula is C21H19OS. The summed E-state index contributed by atoms with van der Waals surface area (Å²) < 4.78 is 0. The van der Waals surface area contributed by atoms with E-state index in [0.29, 0.717) is 0 Å². The van der Waals surface area contributed by atoms with Crippen molar-refractivity contribution in [2.45, 2.75) is 24.5 Å². The standard InChI is InChI=1S/C21H19OS/c1-15-12-20(13-16(2)21(15)22)23-14-17-8-10-19(11-9-17)18-6-4-3-5-7-18/h3-13H,14H2,1-2H3. The maximum atomic E-state index is 11.8. The third-order valence-corrected chi connectivity index (χ3v) is 4.95. The smallest absolute Gasteiger partial charge is 0.184 e. The van der Waals surface area contributed by atoms with Gasteiger partial charge in [0.1, 0.15) is 0 Å². The minimum atomic E-state index is 0.154. The Labute approximate surface area is 142 Å². The summed E-state index contributed by atoms with van der Waals surface area (Å²) in [5, 5.41) is 11.8. The molecule has 0 saturated carbocycles. The van der Waals surface area contributed by atoms with Gasteiger partial charge in [0.25, 0.3) is 0 Å². The predicted molar refractivity (Wildman–Crippen MR) is 97.5 cm³/mol. The molecule has 3 aromatic rings. The van der Waals surface area contributed by atoms with Crippen LogP contribution < -0.4 is 0 Å². The molecule has 3 rings (SSSR count). The average molecular weight is 319 g/mol. The van der Waals surface area contributed by atoms with Crippen LogP contribution in [-0.2, 0) is 10.9 Å². The highest BCUT2D eigenvalue weighted by Gasteiger charge is 2.06. The summed E-state index contributed by atoms with van der Waals surface area (Å²) in [7, 11) is 0. The zero-order chi connectivity index (χ0) is 16.2. The van der Waals surface area contributed by atoms with Gasteiger partial charge in [-0.3, -0.25) is 5.11 Å². The lowest BCUT2D eigenvalue weighted by molar-refractivity contribution is 0.348. The molecule has 2 heteroatoms. The molecule has 0 bridgehead atoms. The molecule has 0 spiro atoms. The lowest BCUT2D eigenvalue weighted by Crippen LogP contribution is -1.85. The van der Waals surface area contributed by atoms with E-state index >= 15 is 0 Å². The molecule has 0 fully saturated rings. The van der Waals surface area contributed by atoms with E-state index in [-0.39, 0.29) is 5.75 Å². The van der Waals surface area contributed by atoms with Crippen molar-refractivity contribution < 1.29 is 5.11 Å². The van der Waals surface area contributed by atoms with Crippen LogP contribution in [0, 0.1) is 13.8 Å². The highest BCUT2D eigenvalue weighted by Crippen LogP contribution is 2.31. The van der Waals surface area contributed by atoms with Gasteiger partial charge in [-0.1, -0.05) is 54.6 Å². The molecule has 1 nitrogen and oxygen atoms in total. The Bertz CT molecular complexity index is 769. The van der Waals surface area contributed by atoms with E-state index in [1.807, 2.05) is 32.0 Å². The first-order valence-electron chi connectivity index (χ1n) is 7.69.